The third kappa shape index (κ3) is 0.997. The normalized spacial score (nSPS) is 22.2. The Balaban J connectivity index is 2.66. The third-order valence-electron chi connectivity index (χ3n) is 1.13. The van der Waals surface area contributed by atoms with E-state index in [-0.39, 0.29) is 0 Å². The molecule has 0 aromatic rings. The predicted octanol–water partition coefficient (Wildman–Crippen LogP) is 1.35. The summed E-state index contributed by atoms with van der Waals surface area (Å²) < 4.78 is 0. The molecule has 1 aliphatic carbocycles. The minimum atomic E-state index is 0.979. The molecule has 42 valence electrons. The van der Waals surface area contributed by atoms with Gasteiger partial charge in [0, 0.05) is 0 Å². The van der Waals surface area contributed by atoms with Crippen molar-refractivity contribution < 1.29 is 0 Å². The van der Waals surface area contributed by atoms with Gasteiger partial charge in [-0.15, -0.1) is 0 Å². The van der Waals surface area contributed by atoms with Gasteiger partial charge in [0.2, 0.25) is 0 Å². The van der Waals surface area contributed by atoms with Crippen LogP contribution in [0.15, 0.2) is 36.1 Å². The predicted molar refractivity (Wildman–Crippen MR) is 35.2 cm³/mol. The van der Waals surface area contributed by atoms with E-state index >= 15 is 0 Å². The summed E-state index contributed by atoms with van der Waals surface area (Å²) in [5.74, 6) is 0. The average Bonchev–Trinajstić information content (AvgIpc) is 1.90. The molecule has 0 saturated heterocycles. The van der Waals surface area contributed by atoms with Gasteiger partial charge in [0.05, 0.1) is 0 Å². The highest BCUT2D eigenvalue weighted by Gasteiger charge is 1.88. The molecule has 0 amide bonds. The molecule has 0 radical (unpaired) electrons. The molecule has 0 bridgehead atoms. The zero-order chi connectivity index (χ0) is 5.82. The van der Waals surface area contributed by atoms with Crippen molar-refractivity contribution >= 4 is 0 Å². The summed E-state index contributed by atoms with van der Waals surface area (Å²) >= 11 is 0. The lowest BCUT2D eigenvalue weighted by Gasteiger charge is -1.97. The van der Waals surface area contributed by atoms with Gasteiger partial charge in [-0.25, -0.2) is 0 Å². The molecule has 0 saturated carbocycles. The van der Waals surface area contributed by atoms with Gasteiger partial charge < -0.3 is 5.73 Å². The largest absolute Gasteiger partial charge is 0.404 e. The first-order valence-corrected chi connectivity index (χ1v) is 2.67. The summed E-state index contributed by atoms with van der Waals surface area (Å²) in [5, 5.41) is 0. The smallest absolute Gasteiger partial charge is 0.00265 e. The van der Waals surface area contributed by atoms with Crippen LogP contribution in [0.1, 0.15) is 6.42 Å². The van der Waals surface area contributed by atoms with Crippen molar-refractivity contribution in [3.63, 3.8) is 0 Å². The molecule has 1 heteroatoms. The van der Waals surface area contributed by atoms with Crippen LogP contribution in [0.4, 0.5) is 0 Å². The molecule has 0 aliphatic heterocycles. The van der Waals surface area contributed by atoms with E-state index < -0.39 is 0 Å². The minimum Gasteiger partial charge on any atom is -0.404 e. The van der Waals surface area contributed by atoms with E-state index in [1.165, 1.54) is 5.57 Å². The van der Waals surface area contributed by atoms with Crippen molar-refractivity contribution in [2.45, 2.75) is 6.42 Å². The molecule has 0 aromatic heterocycles. The first-order chi connectivity index (χ1) is 3.93. The maximum Gasteiger partial charge on any atom is -0.00265 e. The minimum absolute atomic E-state index is 0.979. The molecule has 0 atom stereocenters. The van der Waals surface area contributed by atoms with Crippen LogP contribution in [-0.4, -0.2) is 0 Å². The Morgan fingerprint density at radius 1 is 1.50 bits per heavy atom. The second kappa shape index (κ2) is 2.36. The first-order valence-electron chi connectivity index (χ1n) is 2.67. The van der Waals surface area contributed by atoms with Gasteiger partial charge in [-0.05, 0) is 18.2 Å². The summed E-state index contributed by atoms with van der Waals surface area (Å²) in [6.45, 7) is 0. The van der Waals surface area contributed by atoms with E-state index in [0.717, 1.165) is 6.42 Å². The molecule has 8 heavy (non-hydrogen) atoms. The second-order valence-electron chi connectivity index (χ2n) is 1.73. The summed E-state index contributed by atoms with van der Waals surface area (Å²) in [5.41, 5.74) is 6.44. The lowest BCUT2D eigenvalue weighted by molar-refractivity contribution is 1.24. The third-order valence-corrected chi connectivity index (χ3v) is 1.13. The first kappa shape index (κ1) is 5.16. The topological polar surface area (TPSA) is 26.0 Å². The van der Waals surface area contributed by atoms with Crippen LogP contribution in [0.3, 0.4) is 0 Å². The Labute approximate surface area is 49.2 Å². The Kier molecular flexibility index (Phi) is 1.52. The average molecular weight is 107 g/mol. The molecular formula is C7H9N. The SMILES string of the molecule is NC=C1C=CC=CC1. The fourth-order valence-corrected chi connectivity index (χ4v) is 0.653. The van der Waals surface area contributed by atoms with E-state index in [2.05, 4.69) is 6.08 Å². The van der Waals surface area contributed by atoms with Gasteiger partial charge in [-0.1, -0.05) is 24.3 Å². The van der Waals surface area contributed by atoms with Gasteiger partial charge in [0.1, 0.15) is 0 Å². The van der Waals surface area contributed by atoms with Crippen molar-refractivity contribution in [3.8, 4) is 0 Å². The highest BCUT2D eigenvalue weighted by Crippen LogP contribution is 2.06. The second-order valence-corrected chi connectivity index (χ2v) is 1.73. The number of hydrogen-bond acceptors (Lipinski definition) is 1. The molecular weight excluding hydrogens is 98.1 g/mol. The standard InChI is InChI=1S/C7H9N/c8-6-7-4-2-1-3-5-7/h1-4,6H,5,8H2. The van der Waals surface area contributed by atoms with Crippen molar-refractivity contribution in [1.82, 2.24) is 0 Å². The zero-order valence-corrected chi connectivity index (χ0v) is 4.67. The van der Waals surface area contributed by atoms with Crippen LogP contribution in [0.2, 0.25) is 0 Å². The summed E-state index contributed by atoms with van der Waals surface area (Å²) in [7, 11) is 0. The molecule has 2 N–H and O–H groups in total. The molecule has 0 heterocycles. The number of nitrogens with two attached hydrogens (primary N) is 1. The quantitative estimate of drug-likeness (QED) is 0.496. The van der Waals surface area contributed by atoms with Gasteiger partial charge >= 0.3 is 0 Å². The fourth-order valence-electron chi connectivity index (χ4n) is 0.653. The van der Waals surface area contributed by atoms with E-state index in [1.54, 1.807) is 6.20 Å². The summed E-state index contributed by atoms with van der Waals surface area (Å²) in [6.07, 6.45) is 10.7. The van der Waals surface area contributed by atoms with Gasteiger partial charge in [0.25, 0.3) is 0 Å². The van der Waals surface area contributed by atoms with Crippen LogP contribution in [0, 0.1) is 0 Å². The van der Waals surface area contributed by atoms with E-state index in [9.17, 15) is 0 Å². The van der Waals surface area contributed by atoms with Crippen LogP contribution < -0.4 is 5.73 Å². The van der Waals surface area contributed by atoms with Crippen LogP contribution in [0.5, 0.6) is 0 Å². The molecule has 1 nitrogen and oxygen atoms in total. The van der Waals surface area contributed by atoms with Gasteiger partial charge in [0.15, 0.2) is 0 Å². The fraction of sp³-hybridized carbons (Fsp3) is 0.143. The molecule has 0 unspecified atom stereocenters. The molecule has 0 fully saturated rings. The Morgan fingerprint density at radius 2 is 2.38 bits per heavy atom. The summed E-state index contributed by atoms with van der Waals surface area (Å²) in [6, 6.07) is 0. The molecule has 0 spiro atoms. The van der Waals surface area contributed by atoms with E-state index in [1.807, 2.05) is 18.2 Å². The lowest BCUT2D eigenvalue weighted by atomic mass is 10.1. The Bertz CT molecular complexity index is 152. The van der Waals surface area contributed by atoms with E-state index in [0.29, 0.717) is 0 Å². The number of hydrogen-bond donors (Lipinski definition) is 1. The van der Waals surface area contributed by atoms with Crippen LogP contribution in [0.25, 0.3) is 0 Å². The maximum atomic E-state index is 5.26. The van der Waals surface area contributed by atoms with Gasteiger partial charge in [-0.2, -0.15) is 0 Å². The highest BCUT2D eigenvalue weighted by molar-refractivity contribution is 5.28. The Morgan fingerprint density at radius 3 is 2.75 bits per heavy atom. The van der Waals surface area contributed by atoms with Crippen molar-refractivity contribution in [3.05, 3.63) is 36.1 Å². The highest BCUT2D eigenvalue weighted by atomic mass is 14.5. The van der Waals surface area contributed by atoms with Crippen molar-refractivity contribution in [2.75, 3.05) is 0 Å². The molecule has 1 aliphatic rings. The lowest BCUT2D eigenvalue weighted by Crippen LogP contribution is -1.86. The molecule has 1 rings (SSSR count). The van der Waals surface area contributed by atoms with E-state index in [4.69, 9.17) is 5.73 Å². The maximum absolute atomic E-state index is 5.26. The monoisotopic (exact) mass is 107 g/mol. The Hall–Kier alpha value is -0.980. The number of allylic oxidation sites excluding steroid dienone is 5. The van der Waals surface area contributed by atoms with Crippen molar-refractivity contribution in [1.29, 1.82) is 0 Å². The van der Waals surface area contributed by atoms with Crippen molar-refractivity contribution in [2.24, 2.45) is 5.73 Å². The molecule has 0 aromatic carbocycles. The summed E-state index contributed by atoms with van der Waals surface area (Å²) in [4.78, 5) is 0. The number of rotatable bonds is 0. The van der Waals surface area contributed by atoms with Gasteiger partial charge in [-0.3, -0.25) is 0 Å². The van der Waals surface area contributed by atoms with Crippen LogP contribution >= 0.6 is 0 Å². The van der Waals surface area contributed by atoms with Crippen LogP contribution in [-0.2, 0) is 0 Å². The zero-order valence-electron chi connectivity index (χ0n) is 4.67.